The van der Waals surface area contributed by atoms with Gasteiger partial charge in [0.15, 0.2) is 0 Å². The fraction of sp³-hybridized carbons (Fsp3) is 0.933. The Hall–Kier alpha value is -0.610. The van der Waals surface area contributed by atoms with Gasteiger partial charge in [-0.15, -0.1) is 0 Å². The van der Waals surface area contributed by atoms with Crippen LogP contribution in [0.25, 0.3) is 0 Å². The second-order valence-corrected chi connectivity index (χ2v) is 6.85. The maximum Gasteiger partial charge on any atom is 0.237 e. The molecule has 1 saturated carbocycles. The third kappa shape index (κ3) is 2.65. The van der Waals surface area contributed by atoms with Gasteiger partial charge in [0.1, 0.15) is 0 Å². The van der Waals surface area contributed by atoms with E-state index in [4.69, 9.17) is 5.73 Å². The molecule has 0 aromatic heterocycles. The molecule has 4 heteroatoms. The number of primary amides is 1. The SMILES string of the molecule is CNC1(C(N)=O)CCC(N2CC(C)CC(C)C2C)C1. The zero-order valence-electron chi connectivity index (χ0n) is 12.8. The first-order chi connectivity index (χ1) is 8.89. The Balaban J connectivity index is 2.09. The summed E-state index contributed by atoms with van der Waals surface area (Å²) in [5, 5.41) is 3.18. The van der Waals surface area contributed by atoms with E-state index in [9.17, 15) is 4.79 Å². The Morgan fingerprint density at radius 1 is 1.37 bits per heavy atom. The van der Waals surface area contributed by atoms with E-state index in [0.29, 0.717) is 12.1 Å². The van der Waals surface area contributed by atoms with Crippen LogP contribution >= 0.6 is 0 Å². The summed E-state index contributed by atoms with van der Waals surface area (Å²) in [6.45, 7) is 8.18. The van der Waals surface area contributed by atoms with E-state index in [0.717, 1.165) is 37.6 Å². The molecule has 5 unspecified atom stereocenters. The second kappa shape index (κ2) is 5.41. The monoisotopic (exact) mass is 267 g/mol. The number of nitrogens with one attached hydrogen (secondary N) is 1. The van der Waals surface area contributed by atoms with E-state index in [1.165, 1.54) is 6.42 Å². The summed E-state index contributed by atoms with van der Waals surface area (Å²) >= 11 is 0. The van der Waals surface area contributed by atoms with E-state index in [1.54, 1.807) is 0 Å². The van der Waals surface area contributed by atoms with Crippen molar-refractivity contribution < 1.29 is 4.79 Å². The molecule has 5 atom stereocenters. The van der Waals surface area contributed by atoms with Crippen molar-refractivity contribution in [3.63, 3.8) is 0 Å². The minimum atomic E-state index is -0.478. The van der Waals surface area contributed by atoms with Gasteiger partial charge in [0, 0.05) is 18.6 Å². The van der Waals surface area contributed by atoms with Crippen molar-refractivity contribution in [2.45, 2.75) is 64.1 Å². The zero-order chi connectivity index (χ0) is 14.2. The summed E-state index contributed by atoms with van der Waals surface area (Å²) in [6.07, 6.45) is 4.13. The molecular weight excluding hydrogens is 238 g/mol. The summed E-state index contributed by atoms with van der Waals surface area (Å²) in [5.74, 6) is 1.30. The Morgan fingerprint density at radius 2 is 2.05 bits per heavy atom. The van der Waals surface area contributed by atoms with Crippen LogP contribution < -0.4 is 11.1 Å². The van der Waals surface area contributed by atoms with Crippen molar-refractivity contribution in [3.05, 3.63) is 0 Å². The molecule has 2 fully saturated rings. The predicted molar refractivity (Wildman–Crippen MR) is 77.7 cm³/mol. The van der Waals surface area contributed by atoms with Crippen LogP contribution in [0.3, 0.4) is 0 Å². The molecule has 3 N–H and O–H groups in total. The number of amides is 1. The molecule has 2 rings (SSSR count). The van der Waals surface area contributed by atoms with Crippen molar-refractivity contribution in [1.82, 2.24) is 10.2 Å². The lowest BCUT2D eigenvalue weighted by Crippen LogP contribution is -2.55. The van der Waals surface area contributed by atoms with Gasteiger partial charge in [-0.1, -0.05) is 13.8 Å². The van der Waals surface area contributed by atoms with Crippen molar-refractivity contribution in [2.24, 2.45) is 17.6 Å². The lowest BCUT2D eigenvalue weighted by molar-refractivity contribution is -0.124. The summed E-state index contributed by atoms with van der Waals surface area (Å²) in [4.78, 5) is 14.4. The Morgan fingerprint density at radius 3 is 2.58 bits per heavy atom. The highest BCUT2D eigenvalue weighted by atomic mass is 16.1. The molecule has 1 aliphatic carbocycles. The summed E-state index contributed by atoms with van der Waals surface area (Å²) in [6, 6.07) is 1.11. The number of piperidine rings is 1. The molecule has 1 aliphatic heterocycles. The zero-order valence-corrected chi connectivity index (χ0v) is 12.8. The first kappa shape index (κ1) is 14.8. The highest BCUT2D eigenvalue weighted by molar-refractivity contribution is 5.85. The second-order valence-electron chi connectivity index (χ2n) is 6.85. The molecule has 0 spiro atoms. The molecule has 0 radical (unpaired) electrons. The van der Waals surface area contributed by atoms with E-state index in [1.807, 2.05) is 7.05 Å². The van der Waals surface area contributed by atoms with Gasteiger partial charge in [-0.05, 0) is 51.5 Å². The van der Waals surface area contributed by atoms with Crippen molar-refractivity contribution in [3.8, 4) is 0 Å². The summed E-state index contributed by atoms with van der Waals surface area (Å²) in [7, 11) is 1.86. The number of nitrogens with two attached hydrogens (primary N) is 1. The van der Waals surface area contributed by atoms with Gasteiger partial charge in [-0.3, -0.25) is 9.69 Å². The summed E-state index contributed by atoms with van der Waals surface area (Å²) < 4.78 is 0. The number of hydrogen-bond acceptors (Lipinski definition) is 3. The molecule has 19 heavy (non-hydrogen) atoms. The maximum absolute atomic E-state index is 11.7. The number of hydrogen-bond donors (Lipinski definition) is 2. The lowest BCUT2D eigenvalue weighted by atomic mass is 9.84. The molecule has 110 valence electrons. The van der Waals surface area contributed by atoms with Gasteiger partial charge in [-0.2, -0.15) is 0 Å². The van der Waals surface area contributed by atoms with Gasteiger partial charge < -0.3 is 11.1 Å². The largest absolute Gasteiger partial charge is 0.368 e. The molecule has 0 bridgehead atoms. The predicted octanol–water partition coefficient (Wildman–Crippen LogP) is 1.35. The average Bonchev–Trinajstić information content (AvgIpc) is 2.79. The molecule has 0 aromatic rings. The minimum absolute atomic E-state index is 0.191. The minimum Gasteiger partial charge on any atom is -0.368 e. The van der Waals surface area contributed by atoms with Crippen LogP contribution in [-0.2, 0) is 4.79 Å². The number of likely N-dealkylation sites (tertiary alicyclic amines) is 1. The van der Waals surface area contributed by atoms with Crippen LogP contribution in [0.5, 0.6) is 0 Å². The first-order valence-corrected chi connectivity index (χ1v) is 7.64. The molecule has 1 saturated heterocycles. The fourth-order valence-electron chi connectivity index (χ4n) is 4.12. The molecular formula is C15H29N3O. The van der Waals surface area contributed by atoms with E-state index in [2.05, 4.69) is 31.0 Å². The van der Waals surface area contributed by atoms with Crippen LogP contribution in [0.4, 0.5) is 0 Å². The first-order valence-electron chi connectivity index (χ1n) is 7.64. The topological polar surface area (TPSA) is 58.4 Å². The van der Waals surface area contributed by atoms with Gasteiger partial charge in [0.2, 0.25) is 5.91 Å². The smallest absolute Gasteiger partial charge is 0.237 e. The van der Waals surface area contributed by atoms with Crippen LogP contribution in [0.2, 0.25) is 0 Å². The summed E-state index contributed by atoms with van der Waals surface area (Å²) in [5.41, 5.74) is 5.13. The molecule has 4 nitrogen and oxygen atoms in total. The quantitative estimate of drug-likeness (QED) is 0.811. The number of rotatable bonds is 3. The average molecular weight is 267 g/mol. The Labute approximate surface area is 117 Å². The molecule has 1 heterocycles. The number of carbonyl (C=O) groups excluding carboxylic acids is 1. The van der Waals surface area contributed by atoms with E-state index >= 15 is 0 Å². The third-order valence-electron chi connectivity index (χ3n) is 5.55. The van der Waals surface area contributed by atoms with Crippen molar-refractivity contribution in [2.75, 3.05) is 13.6 Å². The number of carbonyl (C=O) groups is 1. The van der Waals surface area contributed by atoms with Crippen LogP contribution in [0.1, 0.15) is 46.5 Å². The van der Waals surface area contributed by atoms with Crippen LogP contribution in [0.15, 0.2) is 0 Å². The van der Waals surface area contributed by atoms with Crippen molar-refractivity contribution in [1.29, 1.82) is 0 Å². The lowest BCUT2D eigenvalue weighted by Gasteiger charge is -2.45. The highest BCUT2D eigenvalue weighted by Gasteiger charge is 2.46. The number of nitrogens with zero attached hydrogens (tertiary/aromatic N) is 1. The van der Waals surface area contributed by atoms with Crippen molar-refractivity contribution >= 4 is 5.91 Å². The Bertz CT molecular complexity index is 346. The Kier molecular flexibility index (Phi) is 4.21. The van der Waals surface area contributed by atoms with E-state index < -0.39 is 5.54 Å². The van der Waals surface area contributed by atoms with Gasteiger partial charge in [0.05, 0.1) is 5.54 Å². The molecule has 0 aromatic carbocycles. The van der Waals surface area contributed by atoms with Gasteiger partial charge in [0.25, 0.3) is 0 Å². The molecule has 2 aliphatic rings. The maximum atomic E-state index is 11.7. The number of likely N-dealkylation sites (N-methyl/N-ethyl adjacent to an activating group) is 1. The highest BCUT2D eigenvalue weighted by Crippen LogP contribution is 2.37. The third-order valence-corrected chi connectivity index (χ3v) is 5.55. The normalized spacial score (nSPS) is 44.4. The van der Waals surface area contributed by atoms with E-state index in [-0.39, 0.29) is 5.91 Å². The fourth-order valence-corrected chi connectivity index (χ4v) is 4.12. The van der Waals surface area contributed by atoms with Crippen LogP contribution in [0, 0.1) is 11.8 Å². The van der Waals surface area contributed by atoms with Crippen LogP contribution in [-0.4, -0.2) is 42.0 Å². The molecule has 1 amide bonds. The van der Waals surface area contributed by atoms with Gasteiger partial charge >= 0.3 is 0 Å². The standard InChI is InChI=1S/C15H29N3O/c1-10-7-11(2)12(3)18(9-10)13-5-6-15(8-13,17-4)14(16)19/h10-13,17H,5-9H2,1-4H3,(H2,16,19). The van der Waals surface area contributed by atoms with Gasteiger partial charge in [-0.25, -0.2) is 0 Å².